The van der Waals surface area contributed by atoms with Crippen LogP contribution in [0.3, 0.4) is 0 Å². The number of nitrogens with one attached hydrogen (secondary N) is 1. The highest BCUT2D eigenvalue weighted by atomic mass is 32.1. The predicted molar refractivity (Wildman–Crippen MR) is 103 cm³/mol. The lowest BCUT2D eigenvalue weighted by molar-refractivity contribution is -0.116. The number of nitrogens with zero attached hydrogens (tertiary/aromatic N) is 3. The maximum atomic E-state index is 13.4. The fraction of sp³-hybridized carbons (Fsp3) is 0.105. The lowest BCUT2D eigenvalue weighted by Gasteiger charge is -2.03. The first-order chi connectivity index (χ1) is 13.0. The van der Waals surface area contributed by atoms with Crippen LogP contribution in [0.2, 0.25) is 0 Å². The zero-order valence-electron chi connectivity index (χ0n) is 14.3. The minimum Gasteiger partial charge on any atom is -0.300 e. The quantitative estimate of drug-likeness (QED) is 0.589. The van der Waals surface area contributed by atoms with Gasteiger partial charge in [0.05, 0.1) is 16.7 Å². The second kappa shape index (κ2) is 6.81. The van der Waals surface area contributed by atoms with Gasteiger partial charge in [0.2, 0.25) is 5.91 Å². The van der Waals surface area contributed by atoms with Crippen LogP contribution in [-0.2, 0) is 18.4 Å². The van der Waals surface area contributed by atoms with Crippen LogP contribution < -0.4 is 11.0 Å². The molecule has 136 valence electrons. The number of para-hydroxylation sites is 2. The minimum absolute atomic E-state index is 0.116. The third-order valence-corrected chi connectivity index (χ3v) is 4.98. The molecule has 0 radical (unpaired) electrons. The molecule has 0 unspecified atom stereocenters. The van der Waals surface area contributed by atoms with E-state index >= 15 is 0 Å². The number of carbonyl (C=O) groups excluding carboxylic acids is 1. The Balaban J connectivity index is 1.54. The Labute approximate surface area is 157 Å². The monoisotopic (exact) mass is 382 g/mol. The van der Waals surface area contributed by atoms with Gasteiger partial charge in [-0.2, -0.15) is 0 Å². The average Bonchev–Trinajstić information content (AvgIpc) is 3.21. The highest BCUT2D eigenvalue weighted by Gasteiger charge is 2.14. The Bertz CT molecular complexity index is 1210. The molecule has 27 heavy (non-hydrogen) atoms. The van der Waals surface area contributed by atoms with Gasteiger partial charge in [0.25, 0.3) is 0 Å². The predicted octanol–water partition coefficient (Wildman–Crippen LogP) is 3.24. The maximum Gasteiger partial charge on any atom is 0.329 e. The Morgan fingerprint density at radius 2 is 1.96 bits per heavy atom. The number of hydrogen-bond donors (Lipinski definition) is 1. The number of hydrogen-bond acceptors (Lipinski definition) is 4. The molecular weight excluding hydrogens is 367 g/mol. The van der Waals surface area contributed by atoms with Crippen LogP contribution in [0.5, 0.6) is 0 Å². The van der Waals surface area contributed by atoms with E-state index in [1.807, 2.05) is 18.2 Å². The Kier molecular flexibility index (Phi) is 4.33. The van der Waals surface area contributed by atoms with E-state index < -0.39 is 0 Å². The van der Waals surface area contributed by atoms with Gasteiger partial charge >= 0.3 is 5.69 Å². The molecule has 0 saturated heterocycles. The molecule has 6 nitrogen and oxygen atoms in total. The molecule has 2 aromatic heterocycles. The molecular formula is C19H15FN4O2S. The number of rotatable bonds is 4. The van der Waals surface area contributed by atoms with Gasteiger partial charge in [0.1, 0.15) is 12.4 Å². The summed E-state index contributed by atoms with van der Waals surface area (Å²) in [5.41, 5.74) is 2.41. The summed E-state index contributed by atoms with van der Waals surface area (Å²) in [5.74, 6) is -0.699. The van der Waals surface area contributed by atoms with Crippen molar-refractivity contribution in [3.8, 4) is 11.3 Å². The van der Waals surface area contributed by atoms with Crippen molar-refractivity contribution in [3.05, 3.63) is 70.2 Å². The second-order valence-corrected chi connectivity index (χ2v) is 6.87. The maximum absolute atomic E-state index is 13.4. The normalized spacial score (nSPS) is 11.0. The summed E-state index contributed by atoms with van der Waals surface area (Å²) in [5, 5.41) is 4.84. The lowest BCUT2D eigenvalue weighted by Crippen LogP contribution is -2.28. The van der Waals surface area contributed by atoms with E-state index in [0.29, 0.717) is 21.9 Å². The van der Waals surface area contributed by atoms with E-state index in [-0.39, 0.29) is 24.0 Å². The van der Waals surface area contributed by atoms with Crippen molar-refractivity contribution in [3.63, 3.8) is 0 Å². The number of amides is 1. The number of fused-ring (bicyclic) bond motifs is 1. The first kappa shape index (κ1) is 17.2. The van der Waals surface area contributed by atoms with Gasteiger partial charge in [-0.25, -0.2) is 14.2 Å². The number of carbonyl (C=O) groups is 1. The number of anilines is 1. The number of thiazole rings is 1. The largest absolute Gasteiger partial charge is 0.329 e. The van der Waals surface area contributed by atoms with Crippen molar-refractivity contribution in [1.82, 2.24) is 14.1 Å². The Hall–Kier alpha value is -3.26. The first-order valence-corrected chi connectivity index (χ1v) is 9.06. The zero-order valence-corrected chi connectivity index (χ0v) is 15.2. The highest BCUT2D eigenvalue weighted by molar-refractivity contribution is 7.14. The smallest absolute Gasteiger partial charge is 0.300 e. The van der Waals surface area contributed by atoms with Gasteiger partial charge in [-0.1, -0.05) is 24.3 Å². The fourth-order valence-electron chi connectivity index (χ4n) is 2.93. The fourth-order valence-corrected chi connectivity index (χ4v) is 3.67. The Morgan fingerprint density at radius 3 is 2.74 bits per heavy atom. The molecule has 0 aliphatic carbocycles. The van der Waals surface area contributed by atoms with E-state index in [1.165, 1.54) is 32.6 Å². The molecule has 2 aromatic carbocycles. The summed E-state index contributed by atoms with van der Waals surface area (Å²) >= 11 is 1.24. The number of aromatic nitrogens is 3. The molecule has 8 heteroatoms. The minimum atomic E-state index is -0.353. The number of halogens is 1. The molecule has 0 saturated carbocycles. The average molecular weight is 382 g/mol. The van der Waals surface area contributed by atoms with Crippen molar-refractivity contribution in [1.29, 1.82) is 0 Å². The summed E-state index contributed by atoms with van der Waals surface area (Å²) in [6, 6.07) is 13.4. The van der Waals surface area contributed by atoms with Gasteiger partial charge in [-0.15, -0.1) is 11.3 Å². The van der Waals surface area contributed by atoms with Gasteiger partial charge in [-0.3, -0.25) is 13.9 Å². The summed E-state index contributed by atoms with van der Waals surface area (Å²) in [6.45, 7) is -0.116. The summed E-state index contributed by atoms with van der Waals surface area (Å²) in [7, 11) is 1.67. The highest BCUT2D eigenvalue weighted by Crippen LogP contribution is 2.25. The van der Waals surface area contributed by atoms with Crippen LogP contribution in [-0.4, -0.2) is 20.0 Å². The second-order valence-electron chi connectivity index (χ2n) is 6.01. The van der Waals surface area contributed by atoms with E-state index in [2.05, 4.69) is 10.3 Å². The van der Waals surface area contributed by atoms with Gasteiger partial charge in [-0.05, 0) is 24.3 Å². The topological polar surface area (TPSA) is 68.9 Å². The van der Waals surface area contributed by atoms with Crippen molar-refractivity contribution in [2.24, 2.45) is 7.05 Å². The van der Waals surface area contributed by atoms with Gasteiger partial charge < -0.3 is 5.32 Å². The third kappa shape index (κ3) is 3.26. The molecule has 0 bridgehead atoms. The first-order valence-electron chi connectivity index (χ1n) is 8.18. The van der Waals surface area contributed by atoms with Gasteiger partial charge in [0.15, 0.2) is 5.13 Å². The summed E-state index contributed by atoms with van der Waals surface area (Å²) in [6.07, 6.45) is 0. The molecule has 0 atom stereocenters. The molecule has 1 amide bonds. The molecule has 4 rings (SSSR count). The van der Waals surface area contributed by atoms with E-state index in [0.717, 1.165) is 5.52 Å². The van der Waals surface area contributed by atoms with Gasteiger partial charge in [0, 0.05) is 18.0 Å². The van der Waals surface area contributed by atoms with Crippen LogP contribution >= 0.6 is 11.3 Å². The van der Waals surface area contributed by atoms with E-state index in [4.69, 9.17) is 0 Å². The molecule has 0 aliphatic heterocycles. The van der Waals surface area contributed by atoms with Crippen molar-refractivity contribution in [2.45, 2.75) is 6.54 Å². The Morgan fingerprint density at radius 1 is 1.19 bits per heavy atom. The zero-order chi connectivity index (χ0) is 19.0. The molecule has 0 aliphatic rings. The molecule has 0 spiro atoms. The number of benzene rings is 2. The molecule has 4 aromatic rings. The van der Waals surface area contributed by atoms with Crippen LogP contribution in [0, 0.1) is 5.82 Å². The van der Waals surface area contributed by atoms with Crippen molar-refractivity contribution < 1.29 is 9.18 Å². The van der Waals surface area contributed by atoms with Crippen LogP contribution in [0.25, 0.3) is 22.3 Å². The SMILES string of the molecule is Cn1c(=O)n(CC(=O)Nc2nc(-c3cccc(F)c3)cs2)c2ccccc21. The van der Waals surface area contributed by atoms with Crippen molar-refractivity contribution in [2.75, 3.05) is 5.32 Å². The van der Waals surface area contributed by atoms with Crippen molar-refractivity contribution >= 4 is 33.4 Å². The van der Waals surface area contributed by atoms with E-state index in [1.54, 1.807) is 30.6 Å². The lowest BCUT2D eigenvalue weighted by atomic mass is 10.2. The summed E-state index contributed by atoms with van der Waals surface area (Å²) in [4.78, 5) is 29.1. The number of aryl methyl sites for hydroxylation is 1. The number of imidazole rings is 1. The standard InChI is InChI=1S/C19H15FN4O2S/c1-23-15-7-2-3-8-16(15)24(19(23)26)10-17(25)22-18-21-14(11-27-18)12-5-4-6-13(20)9-12/h2-9,11H,10H2,1H3,(H,21,22,25). The van der Waals surface area contributed by atoms with Crippen LogP contribution in [0.1, 0.15) is 0 Å². The molecule has 2 heterocycles. The molecule has 1 N–H and O–H groups in total. The molecule has 0 fully saturated rings. The third-order valence-electron chi connectivity index (χ3n) is 4.22. The summed E-state index contributed by atoms with van der Waals surface area (Å²) < 4.78 is 16.3. The van der Waals surface area contributed by atoms with Crippen LogP contribution in [0.4, 0.5) is 9.52 Å². The van der Waals surface area contributed by atoms with Crippen LogP contribution in [0.15, 0.2) is 58.7 Å². The van der Waals surface area contributed by atoms with E-state index in [9.17, 15) is 14.0 Å².